The third-order valence-electron chi connectivity index (χ3n) is 2.48. The number of likely N-dealkylation sites (N-methyl/N-ethyl adjacent to an activating group) is 1. The van der Waals surface area contributed by atoms with Gasteiger partial charge in [-0.3, -0.25) is 0 Å². The zero-order chi connectivity index (χ0) is 9.97. The molecule has 2 heterocycles. The summed E-state index contributed by atoms with van der Waals surface area (Å²) in [6, 6.07) is 0. The summed E-state index contributed by atoms with van der Waals surface area (Å²) >= 11 is 1.37. The molecular weight excluding hydrogens is 200 g/mol. The maximum absolute atomic E-state index is 9.06. The van der Waals surface area contributed by atoms with Crippen molar-refractivity contribution in [2.24, 2.45) is 0 Å². The first kappa shape index (κ1) is 9.82. The van der Waals surface area contributed by atoms with Gasteiger partial charge in [-0.25, -0.2) is 0 Å². The molecule has 1 aliphatic rings. The molecule has 0 aliphatic carbocycles. The second-order valence-electron chi connectivity index (χ2n) is 3.47. The van der Waals surface area contributed by atoms with Crippen molar-refractivity contribution >= 4 is 16.5 Å². The molecule has 0 radical (unpaired) electrons. The van der Waals surface area contributed by atoms with E-state index < -0.39 is 0 Å². The van der Waals surface area contributed by atoms with Crippen LogP contribution in [0.2, 0.25) is 0 Å². The van der Waals surface area contributed by atoms with Gasteiger partial charge in [0.05, 0.1) is 6.61 Å². The average molecular weight is 214 g/mol. The maximum Gasteiger partial charge on any atom is 0.138 e. The monoisotopic (exact) mass is 214 g/mol. The molecule has 6 heteroatoms. The van der Waals surface area contributed by atoms with Crippen molar-refractivity contribution in [2.45, 2.75) is 6.61 Å². The highest BCUT2D eigenvalue weighted by atomic mass is 32.1. The van der Waals surface area contributed by atoms with E-state index >= 15 is 0 Å². The highest BCUT2D eigenvalue weighted by molar-refractivity contribution is 7.10. The summed E-state index contributed by atoms with van der Waals surface area (Å²) in [5.41, 5.74) is 0.708. The highest BCUT2D eigenvalue weighted by Gasteiger charge is 2.19. The van der Waals surface area contributed by atoms with Crippen LogP contribution >= 0.6 is 11.5 Å². The van der Waals surface area contributed by atoms with E-state index in [2.05, 4.69) is 26.4 Å². The molecule has 14 heavy (non-hydrogen) atoms. The van der Waals surface area contributed by atoms with Gasteiger partial charge in [0.2, 0.25) is 0 Å². The predicted octanol–water partition coefficient (Wildman–Crippen LogP) is -0.218. The van der Waals surface area contributed by atoms with Crippen LogP contribution in [0.25, 0.3) is 0 Å². The van der Waals surface area contributed by atoms with Crippen LogP contribution in [0.5, 0.6) is 0 Å². The lowest BCUT2D eigenvalue weighted by Gasteiger charge is -2.32. The number of nitrogens with zero attached hydrogens (tertiary/aromatic N) is 4. The molecule has 0 saturated carbocycles. The Balaban J connectivity index is 2.08. The smallest absolute Gasteiger partial charge is 0.138 e. The first-order valence-electron chi connectivity index (χ1n) is 4.67. The van der Waals surface area contributed by atoms with E-state index in [4.69, 9.17) is 5.11 Å². The van der Waals surface area contributed by atoms with Crippen LogP contribution in [0.15, 0.2) is 0 Å². The van der Waals surface area contributed by atoms with Crippen molar-refractivity contribution < 1.29 is 5.11 Å². The standard InChI is InChI=1S/C8H14N4OS/c1-11-2-4-12(5-3-11)8-7(6-13)9-10-14-8/h13H,2-6H2,1H3. The Kier molecular flexibility index (Phi) is 2.95. The summed E-state index contributed by atoms with van der Waals surface area (Å²) in [5.74, 6) is 0. The zero-order valence-electron chi connectivity index (χ0n) is 8.18. The van der Waals surface area contributed by atoms with E-state index in [1.807, 2.05) is 0 Å². The zero-order valence-corrected chi connectivity index (χ0v) is 9.00. The van der Waals surface area contributed by atoms with Gasteiger partial charge in [0, 0.05) is 37.7 Å². The number of rotatable bonds is 2. The number of piperazine rings is 1. The van der Waals surface area contributed by atoms with Crippen molar-refractivity contribution in [3.05, 3.63) is 5.69 Å². The Bertz CT molecular complexity index is 295. The molecule has 5 nitrogen and oxygen atoms in total. The van der Waals surface area contributed by atoms with Gasteiger partial charge < -0.3 is 14.9 Å². The molecule has 1 aromatic heterocycles. The molecule has 0 bridgehead atoms. The minimum absolute atomic E-state index is 0.0157. The normalized spacial score (nSPS) is 18.9. The van der Waals surface area contributed by atoms with Crippen LogP contribution in [0.1, 0.15) is 5.69 Å². The fraction of sp³-hybridized carbons (Fsp3) is 0.750. The third kappa shape index (κ3) is 1.87. The lowest BCUT2D eigenvalue weighted by atomic mass is 10.3. The average Bonchev–Trinajstić information content (AvgIpc) is 2.67. The molecule has 0 aromatic carbocycles. The van der Waals surface area contributed by atoms with Gasteiger partial charge in [0.1, 0.15) is 10.7 Å². The number of hydrogen-bond acceptors (Lipinski definition) is 6. The van der Waals surface area contributed by atoms with Gasteiger partial charge in [-0.05, 0) is 7.05 Å². The van der Waals surface area contributed by atoms with E-state index in [9.17, 15) is 0 Å². The van der Waals surface area contributed by atoms with Crippen LogP contribution in [-0.2, 0) is 6.61 Å². The summed E-state index contributed by atoms with van der Waals surface area (Å²) in [4.78, 5) is 4.54. The van der Waals surface area contributed by atoms with Gasteiger partial charge in [-0.2, -0.15) is 0 Å². The van der Waals surface area contributed by atoms with Crippen LogP contribution in [0.4, 0.5) is 5.00 Å². The Hall–Kier alpha value is -0.720. The molecule has 1 aliphatic heterocycles. The van der Waals surface area contributed by atoms with Crippen molar-refractivity contribution in [3.8, 4) is 0 Å². The van der Waals surface area contributed by atoms with Gasteiger partial charge in [-0.15, -0.1) is 5.10 Å². The van der Waals surface area contributed by atoms with Crippen molar-refractivity contribution in [1.29, 1.82) is 0 Å². The van der Waals surface area contributed by atoms with E-state index in [0.29, 0.717) is 5.69 Å². The first-order chi connectivity index (χ1) is 6.81. The lowest BCUT2D eigenvalue weighted by molar-refractivity contribution is 0.275. The first-order valence-corrected chi connectivity index (χ1v) is 5.44. The second-order valence-corrected chi connectivity index (χ2v) is 4.21. The number of aromatic nitrogens is 2. The Labute approximate surface area is 87.1 Å². The molecule has 1 fully saturated rings. The van der Waals surface area contributed by atoms with Crippen LogP contribution in [0, 0.1) is 0 Å². The van der Waals surface area contributed by atoms with E-state index in [1.165, 1.54) is 11.5 Å². The minimum atomic E-state index is -0.0157. The van der Waals surface area contributed by atoms with E-state index in [0.717, 1.165) is 31.2 Å². The maximum atomic E-state index is 9.06. The molecule has 0 amide bonds. The Morgan fingerprint density at radius 2 is 2.07 bits per heavy atom. The van der Waals surface area contributed by atoms with Gasteiger partial charge in [0.25, 0.3) is 0 Å². The van der Waals surface area contributed by atoms with Crippen molar-refractivity contribution in [2.75, 3.05) is 38.1 Å². The fourth-order valence-electron chi connectivity index (χ4n) is 1.55. The molecule has 1 N–H and O–H groups in total. The minimum Gasteiger partial charge on any atom is -0.390 e. The van der Waals surface area contributed by atoms with Gasteiger partial charge >= 0.3 is 0 Å². The fourth-order valence-corrected chi connectivity index (χ4v) is 2.28. The second kappa shape index (κ2) is 4.20. The summed E-state index contributed by atoms with van der Waals surface area (Å²) in [5, 5.41) is 14.0. The number of aliphatic hydroxyl groups is 1. The quantitative estimate of drug-likeness (QED) is 0.738. The topological polar surface area (TPSA) is 52.5 Å². The van der Waals surface area contributed by atoms with Crippen molar-refractivity contribution in [3.63, 3.8) is 0 Å². The van der Waals surface area contributed by atoms with E-state index in [1.54, 1.807) is 0 Å². The van der Waals surface area contributed by atoms with Crippen molar-refractivity contribution in [1.82, 2.24) is 14.5 Å². The molecule has 78 valence electrons. The summed E-state index contributed by atoms with van der Waals surface area (Å²) < 4.78 is 3.86. The van der Waals surface area contributed by atoms with Gasteiger partial charge in [-0.1, -0.05) is 4.49 Å². The molecule has 1 aromatic rings. The highest BCUT2D eigenvalue weighted by Crippen LogP contribution is 2.23. The van der Waals surface area contributed by atoms with Crippen LogP contribution in [0.3, 0.4) is 0 Å². The van der Waals surface area contributed by atoms with Gasteiger partial charge in [0.15, 0.2) is 0 Å². The molecule has 0 atom stereocenters. The van der Waals surface area contributed by atoms with Crippen LogP contribution in [-0.4, -0.2) is 52.8 Å². The number of hydrogen-bond donors (Lipinski definition) is 1. The Morgan fingerprint density at radius 3 is 2.71 bits per heavy atom. The number of anilines is 1. The summed E-state index contributed by atoms with van der Waals surface area (Å²) in [6.07, 6.45) is 0. The summed E-state index contributed by atoms with van der Waals surface area (Å²) in [7, 11) is 2.12. The number of aliphatic hydroxyl groups excluding tert-OH is 1. The third-order valence-corrected chi connectivity index (χ3v) is 3.31. The molecule has 0 spiro atoms. The molecule has 1 saturated heterocycles. The Morgan fingerprint density at radius 1 is 1.36 bits per heavy atom. The SMILES string of the molecule is CN1CCN(c2snnc2CO)CC1. The molecule has 2 rings (SSSR count). The lowest BCUT2D eigenvalue weighted by Crippen LogP contribution is -2.44. The van der Waals surface area contributed by atoms with Crippen LogP contribution < -0.4 is 4.90 Å². The summed E-state index contributed by atoms with van der Waals surface area (Å²) in [6.45, 7) is 4.09. The van der Waals surface area contributed by atoms with E-state index in [-0.39, 0.29) is 6.61 Å². The molecular formula is C8H14N4OS. The predicted molar refractivity (Wildman–Crippen MR) is 55.5 cm³/mol. The molecule has 0 unspecified atom stereocenters. The largest absolute Gasteiger partial charge is 0.390 e.